The Bertz CT molecular complexity index is 784. The Kier molecular flexibility index (Phi) is 6.30. The summed E-state index contributed by atoms with van der Waals surface area (Å²) < 4.78 is 0. The van der Waals surface area contributed by atoms with Crippen LogP contribution in [0.5, 0.6) is 0 Å². The summed E-state index contributed by atoms with van der Waals surface area (Å²) in [6.07, 6.45) is 3.46. The van der Waals surface area contributed by atoms with Gasteiger partial charge in [-0.1, -0.05) is 90.1 Å². The van der Waals surface area contributed by atoms with Crippen LogP contribution < -0.4 is 5.32 Å². The smallest absolute Gasteiger partial charge is 0.244 e. The number of benzene rings is 2. The number of carbonyl (C=O) groups excluding carboxylic acids is 1. The molecular weight excluding hydrogens is 330 g/mol. The molecule has 0 fully saturated rings. The minimum atomic E-state index is -0.0812. The van der Waals surface area contributed by atoms with Crippen molar-refractivity contribution >= 4 is 12.0 Å². The first-order valence-electron chi connectivity index (χ1n) is 9.66. The Morgan fingerprint density at radius 1 is 0.815 bits per heavy atom. The Hall–Kier alpha value is -2.35. The van der Waals surface area contributed by atoms with E-state index in [1.807, 2.05) is 13.0 Å². The molecule has 0 bridgehead atoms. The van der Waals surface area contributed by atoms with E-state index < -0.39 is 0 Å². The number of amides is 1. The molecule has 1 amide bonds. The van der Waals surface area contributed by atoms with Gasteiger partial charge in [0.2, 0.25) is 5.91 Å². The third-order valence-electron chi connectivity index (χ3n) is 4.84. The lowest BCUT2D eigenvalue weighted by Gasteiger charge is -2.20. The zero-order chi connectivity index (χ0) is 20.2. The molecule has 2 aromatic carbocycles. The minimum absolute atomic E-state index is 0.0283. The zero-order valence-corrected chi connectivity index (χ0v) is 17.8. The summed E-state index contributed by atoms with van der Waals surface area (Å²) >= 11 is 0. The molecule has 0 unspecified atom stereocenters. The summed E-state index contributed by atoms with van der Waals surface area (Å²) in [5.74, 6) is -0.0812. The number of nitrogens with one attached hydrogen (secondary N) is 1. The fraction of sp³-hybridized carbons (Fsp3) is 0.400. The van der Waals surface area contributed by atoms with E-state index in [-0.39, 0.29) is 22.8 Å². The van der Waals surface area contributed by atoms with E-state index >= 15 is 0 Å². The van der Waals surface area contributed by atoms with Gasteiger partial charge in [0.1, 0.15) is 0 Å². The van der Waals surface area contributed by atoms with Crippen LogP contribution in [-0.2, 0) is 15.6 Å². The highest BCUT2D eigenvalue weighted by atomic mass is 16.1. The van der Waals surface area contributed by atoms with Crippen molar-refractivity contribution in [2.24, 2.45) is 0 Å². The first kappa shape index (κ1) is 21.0. The maximum absolute atomic E-state index is 12.3. The van der Waals surface area contributed by atoms with Crippen molar-refractivity contribution in [1.82, 2.24) is 5.32 Å². The number of hydrogen-bond acceptors (Lipinski definition) is 1. The predicted molar refractivity (Wildman–Crippen MR) is 116 cm³/mol. The summed E-state index contributed by atoms with van der Waals surface area (Å²) in [6.45, 7) is 15.2. The SMILES string of the molecule is C[C@@H](NC(=O)/C=C/c1ccc(C(C)(C)C)cc1)c1ccc(C(C)(C)C)cc1. The Balaban J connectivity index is 1.97. The van der Waals surface area contributed by atoms with E-state index in [9.17, 15) is 4.79 Å². The van der Waals surface area contributed by atoms with Gasteiger partial charge in [-0.05, 0) is 46.1 Å². The van der Waals surface area contributed by atoms with Crippen molar-refractivity contribution in [1.29, 1.82) is 0 Å². The van der Waals surface area contributed by atoms with Crippen LogP contribution in [0.25, 0.3) is 6.08 Å². The second kappa shape index (κ2) is 8.12. The van der Waals surface area contributed by atoms with Crippen molar-refractivity contribution in [3.63, 3.8) is 0 Å². The third-order valence-corrected chi connectivity index (χ3v) is 4.84. The summed E-state index contributed by atoms with van der Waals surface area (Å²) in [5.41, 5.74) is 4.99. The van der Waals surface area contributed by atoms with Gasteiger partial charge in [0, 0.05) is 6.08 Å². The van der Waals surface area contributed by atoms with Gasteiger partial charge in [-0.3, -0.25) is 4.79 Å². The lowest BCUT2D eigenvalue weighted by atomic mass is 9.86. The maximum atomic E-state index is 12.3. The van der Waals surface area contributed by atoms with Crippen LogP contribution >= 0.6 is 0 Å². The number of rotatable bonds is 4. The van der Waals surface area contributed by atoms with E-state index in [1.165, 1.54) is 11.1 Å². The molecular formula is C25H33NO. The summed E-state index contributed by atoms with van der Waals surface area (Å²) in [4.78, 5) is 12.3. The first-order chi connectivity index (χ1) is 12.5. The summed E-state index contributed by atoms with van der Waals surface area (Å²) in [5, 5.41) is 3.03. The van der Waals surface area contributed by atoms with E-state index in [4.69, 9.17) is 0 Å². The fourth-order valence-electron chi connectivity index (χ4n) is 2.88. The van der Waals surface area contributed by atoms with Crippen LogP contribution in [0.15, 0.2) is 54.6 Å². The molecule has 27 heavy (non-hydrogen) atoms. The molecule has 2 nitrogen and oxygen atoms in total. The number of carbonyl (C=O) groups is 1. The number of hydrogen-bond donors (Lipinski definition) is 1. The van der Waals surface area contributed by atoms with Crippen molar-refractivity contribution in [2.75, 3.05) is 0 Å². The van der Waals surface area contributed by atoms with Gasteiger partial charge in [0.15, 0.2) is 0 Å². The molecule has 0 radical (unpaired) electrons. The lowest BCUT2D eigenvalue weighted by Crippen LogP contribution is -2.24. The Morgan fingerprint density at radius 2 is 1.26 bits per heavy atom. The molecule has 2 rings (SSSR count). The van der Waals surface area contributed by atoms with Gasteiger partial charge >= 0.3 is 0 Å². The first-order valence-corrected chi connectivity index (χ1v) is 9.66. The van der Waals surface area contributed by atoms with Crippen LogP contribution in [0.3, 0.4) is 0 Å². The second-order valence-electron chi connectivity index (χ2n) is 9.31. The Labute approximate surface area is 164 Å². The van der Waals surface area contributed by atoms with Gasteiger partial charge in [0.25, 0.3) is 0 Å². The zero-order valence-electron chi connectivity index (χ0n) is 17.8. The molecule has 0 heterocycles. The monoisotopic (exact) mass is 363 g/mol. The van der Waals surface area contributed by atoms with Crippen LogP contribution in [0.2, 0.25) is 0 Å². The van der Waals surface area contributed by atoms with Gasteiger partial charge in [-0.25, -0.2) is 0 Å². The highest BCUT2D eigenvalue weighted by Gasteiger charge is 2.15. The predicted octanol–water partition coefficient (Wildman–Crippen LogP) is 6.17. The molecule has 0 aliphatic carbocycles. The van der Waals surface area contributed by atoms with Crippen molar-refractivity contribution < 1.29 is 4.79 Å². The quantitative estimate of drug-likeness (QED) is 0.646. The van der Waals surface area contributed by atoms with Gasteiger partial charge in [-0.15, -0.1) is 0 Å². The molecule has 2 aromatic rings. The minimum Gasteiger partial charge on any atom is -0.346 e. The van der Waals surface area contributed by atoms with Crippen molar-refractivity contribution in [2.45, 2.75) is 65.3 Å². The van der Waals surface area contributed by atoms with Crippen LogP contribution in [0.1, 0.15) is 76.8 Å². The maximum Gasteiger partial charge on any atom is 0.244 e. The third kappa shape index (κ3) is 6.09. The molecule has 0 spiro atoms. The standard InChI is InChI=1S/C25H33NO/c1-18(20-11-15-22(16-12-20)25(5,6)7)26-23(27)17-10-19-8-13-21(14-9-19)24(2,3)4/h8-18H,1-7H3,(H,26,27)/b17-10+/t18-/m1/s1. The van der Waals surface area contributed by atoms with Crippen molar-refractivity contribution in [3.8, 4) is 0 Å². The molecule has 1 atom stereocenters. The van der Waals surface area contributed by atoms with E-state index in [2.05, 4.69) is 95.4 Å². The van der Waals surface area contributed by atoms with Gasteiger partial charge in [0.05, 0.1) is 6.04 Å². The summed E-state index contributed by atoms with van der Waals surface area (Å²) in [7, 11) is 0. The van der Waals surface area contributed by atoms with Crippen LogP contribution in [-0.4, -0.2) is 5.91 Å². The average molecular weight is 364 g/mol. The van der Waals surface area contributed by atoms with Gasteiger partial charge < -0.3 is 5.32 Å². The highest BCUT2D eigenvalue weighted by molar-refractivity contribution is 5.91. The van der Waals surface area contributed by atoms with Crippen molar-refractivity contribution in [3.05, 3.63) is 76.9 Å². The van der Waals surface area contributed by atoms with E-state index in [0.29, 0.717) is 0 Å². The van der Waals surface area contributed by atoms with Crippen LogP contribution in [0, 0.1) is 0 Å². The highest BCUT2D eigenvalue weighted by Crippen LogP contribution is 2.24. The molecule has 0 saturated heterocycles. The topological polar surface area (TPSA) is 29.1 Å². The molecule has 0 aliphatic rings. The largest absolute Gasteiger partial charge is 0.346 e. The molecule has 2 heteroatoms. The molecule has 0 aromatic heterocycles. The fourth-order valence-corrected chi connectivity index (χ4v) is 2.88. The molecule has 144 valence electrons. The van der Waals surface area contributed by atoms with Gasteiger partial charge in [-0.2, -0.15) is 0 Å². The second-order valence-corrected chi connectivity index (χ2v) is 9.31. The molecule has 0 aliphatic heterocycles. The molecule has 0 saturated carbocycles. The van der Waals surface area contributed by atoms with E-state index in [1.54, 1.807) is 6.08 Å². The Morgan fingerprint density at radius 3 is 1.70 bits per heavy atom. The molecule has 1 N–H and O–H groups in total. The lowest BCUT2D eigenvalue weighted by molar-refractivity contribution is -0.117. The summed E-state index contributed by atoms with van der Waals surface area (Å²) in [6, 6.07) is 16.8. The van der Waals surface area contributed by atoms with E-state index in [0.717, 1.165) is 11.1 Å². The van der Waals surface area contributed by atoms with Crippen LogP contribution in [0.4, 0.5) is 0 Å². The average Bonchev–Trinajstić information content (AvgIpc) is 2.59. The normalized spacial score (nSPS) is 13.6.